The highest BCUT2D eigenvalue weighted by atomic mass is 32.2. The minimum absolute atomic E-state index is 0.220. The minimum Gasteiger partial charge on any atom is -0.355 e. The monoisotopic (exact) mass is 1030 g/mol. The Hall–Kier alpha value is 0.460. The van der Waals surface area contributed by atoms with Crippen LogP contribution in [-0.4, -0.2) is 190 Å². The van der Waals surface area contributed by atoms with Crippen LogP contribution in [0.1, 0.15) is 165 Å². The molecule has 400 valence electrons. The van der Waals surface area contributed by atoms with Gasteiger partial charge in [-0.2, -0.15) is 0 Å². The smallest absolute Gasteiger partial charge is 0.243 e. The van der Waals surface area contributed by atoms with Crippen LogP contribution < -0.4 is 0 Å². The summed E-state index contributed by atoms with van der Waals surface area (Å²) in [6.45, 7) is 56.0. The summed E-state index contributed by atoms with van der Waals surface area (Å²) in [5.41, 5.74) is 0. The summed E-state index contributed by atoms with van der Waals surface area (Å²) < 4.78 is 44.3. The third-order valence-electron chi connectivity index (χ3n) is 13.1. The van der Waals surface area contributed by atoms with Gasteiger partial charge in [-0.1, -0.05) is 23.5 Å². The van der Waals surface area contributed by atoms with Gasteiger partial charge >= 0.3 is 0 Å². The van der Waals surface area contributed by atoms with Crippen molar-refractivity contribution in [1.29, 1.82) is 0 Å². The third kappa shape index (κ3) is 24.4. The van der Waals surface area contributed by atoms with E-state index in [1.165, 1.54) is 23.5 Å². The van der Waals surface area contributed by atoms with Crippen LogP contribution in [-0.2, 0) is 32.8 Å². The Labute approximate surface area is 425 Å². The summed E-state index contributed by atoms with van der Waals surface area (Å²) in [5, 5.41) is 0.495. The molecule has 0 aromatic heterocycles. The van der Waals surface area contributed by atoms with E-state index in [-0.39, 0.29) is 65.4 Å². The lowest BCUT2D eigenvalue weighted by Crippen LogP contribution is -2.50. The number of carbonyl (C=O) groups excluding carboxylic acids is 2. The summed E-state index contributed by atoms with van der Waals surface area (Å²) in [7, 11) is -2.35. The van der Waals surface area contributed by atoms with Crippen molar-refractivity contribution in [2.45, 2.75) is 219 Å². The Bertz CT molecular complexity index is 1250. The van der Waals surface area contributed by atoms with E-state index in [0.717, 1.165) is 73.2 Å². The van der Waals surface area contributed by atoms with E-state index in [9.17, 15) is 9.59 Å². The molecule has 0 N–H and O–H groups in total. The number of hydrogen-bond donors (Lipinski definition) is 0. The molecule has 5 atom stereocenters. The molecule has 0 spiro atoms. The first-order valence-corrected chi connectivity index (χ1v) is 30.6. The van der Waals surface area contributed by atoms with Gasteiger partial charge in [0.2, 0.25) is 10.2 Å². The number of likely N-dealkylation sites (N-methyl/N-ethyl adjacent to an activating group) is 2. The van der Waals surface area contributed by atoms with Gasteiger partial charge in [0.1, 0.15) is 19.7 Å². The fourth-order valence-electron chi connectivity index (χ4n) is 8.92. The molecule has 17 heteroatoms. The molecule has 0 aliphatic rings. The van der Waals surface area contributed by atoms with Gasteiger partial charge in [0.15, 0.2) is 30.0 Å². The minimum atomic E-state index is -1.20. The topological polar surface area (TPSA) is 93.3 Å². The SMILES string of the molecule is CCOC(COP(N(C(C)C)C(C)C)N(C(C)C)C(C)CCC(C)N(C(C)C)P(OCOCCCSC(=O)C[N+](CC)(CC)CC)N(C(C)C)C(C)C)OCCSC(=O)C[N+](CC)(CC)CC. The van der Waals surface area contributed by atoms with Crippen LogP contribution in [0.5, 0.6) is 0 Å². The number of carbonyl (C=O) groups is 2. The summed E-state index contributed by atoms with van der Waals surface area (Å²) in [5.74, 6) is 1.35. The maximum atomic E-state index is 13.0. The lowest BCUT2D eigenvalue weighted by Gasteiger charge is -2.48. The van der Waals surface area contributed by atoms with Crippen LogP contribution in [0.3, 0.4) is 0 Å². The van der Waals surface area contributed by atoms with Crippen molar-refractivity contribution in [3.8, 4) is 0 Å². The highest BCUT2D eigenvalue weighted by molar-refractivity contribution is 8.13. The van der Waals surface area contributed by atoms with E-state index in [4.69, 9.17) is 23.3 Å². The zero-order valence-electron chi connectivity index (χ0n) is 47.2. The Kier molecular flexibility index (Phi) is 36.6. The molecule has 0 saturated carbocycles. The zero-order valence-corrected chi connectivity index (χ0v) is 50.6. The molecule has 0 aliphatic heterocycles. The Morgan fingerprint density at radius 3 is 1.22 bits per heavy atom. The molecule has 0 amide bonds. The molecule has 0 aliphatic carbocycles. The number of nitrogens with zero attached hydrogens (tertiary/aromatic N) is 6. The van der Waals surface area contributed by atoms with Crippen LogP contribution >= 0.6 is 40.4 Å². The number of thioether (sulfide) groups is 2. The van der Waals surface area contributed by atoms with Gasteiger partial charge in [-0.05, 0) is 165 Å². The van der Waals surface area contributed by atoms with E-state index < -0.39 is 23.2 Å². The molecule has 0 heterocycles. The Morgan fingerprint density at radius 2 is 0.866 bits per heavy atom. The molecule has 0 aromatic rings. The lowest BCUT2D eigenvalue weighted by atomic mass is 10.1. The summed E-state index contributed by atoms with van der Waals surface area (Å²) in [6.07, 6.45) is 2.25. The first kappa shape index (κ1) is 67.5. The average molecular weight is 1030 g/mol. The second kappa shape index (κ2) is 36.4. The van der Waals surface area contributed by atoms with Crippen molar-refractivity contribution >= 4 is 50.7 Å². The molecule has 67 heavy (non-hydrogen) atoms. The standard InChI is InChI=1S/C50H108N6O7P2S2/c1-22-55(23-2,24-3)36-48(57)66-34-29-32-59-39-63-65(52(42(12)13)43(14)15)54(45(18)19)47(21)31-30-46(20)53(44(16)17)64(51(40(8)9)41(10)11)62-38-50(60-28-7)61-33-35-67-49(58)37-56(25-4,26-5)27-6/h40-47,50H,22-39H2,1-21H3/q+2. The molecule has 0 fully saturated rings. The fourth-order valence-corrected chi connectivity index (χ4v) is 15.3. The molecule has 0 rings (SSSR count). The van der Waals surface area contributed by atoms with Crippen LogP contribution in [0, 0.1) is 0 Å². The number of rotatable bonds is 41. The molecular formula is C50H108N6O7P2S2+2. The van der Waals surface area contributed by atoms with E-state index in [1.54, 1.807) is 0 Å². The van der Waals surface area contributed by atoms with Crippen LogP contribution in [0.15, 0.2) is 0 Å². The highest BCUT2D eigenvalue weighted by Crippen LogP contribution is 2.53. The van der Waals surface area contributed by atoms with Gasteiger partial charge < -0.3 is 32.2 Å². The van der Waals surface area contributed by atoms with Gasteiger partial charge in [-0.3, -0.25) is 9.59 Å². The van der Waals surface area contributed by atoms with Gasteiger partial charge in [-0.15, -0.1) is 0 Å². The molecule has 5 unspecified atom stereocenters. The van der Waals surface area contributed by atoms with Crippen molar-refractivity contribution in [3.63, 3.8) is 0 Å². The summed E-state index contributed by atoms with van der Waals surface area (Å²) in [4.78, 5) is 25.8. The van der Waals surface area contributed by atoms with E-state index in [1.807, 2.05) is 6.92 Å². The predicted molar refractivity (Wildman–Crippen MR) is 292 cm³/mol. The van der Waals surface area contributed by atoms with E-state index in [0.29, 0.717) is 45.3 Å². The average Bonchev–Trinajstić information content (AvgIpc) is 3.26. The second-order valence-corrected chi connectivity index (χ2v) is 25.4. The Balaban J connectivity index is 6.11. The molecule has 0 bridgehead atoms. The van der Waals surface area contributed by atoms with Crippen molar-refractivity contribution in [2.24, 2.45) is 0 Å². The highest BCUT2D eigenvalue weighted by Gasteiger charge is 2.39. The maximum Gasteiger partial charge on any atom is 0.243 e. The normalized spacial score (nSPS) is 15.5. The number of hydrogen-bond acceptors (Lipinski definition) is 13. The lowest BCUT2D eigenvalue weighted by molar-refractivity contribution is -0.915. The van der Waals surface area contributed by atoms with Crippen molar-refractivity contribution in [2.75, 3.05) is 97.1 Å². The first-order chi connectivity index (χ1) is 31.5. The maximum absolute atomic E-state index is 13.0. The Morgan fingerprint density at radius 1 is 0.493 bits per heavy atom. The second-order valence-electron chi connectivity index (χ2n) is 19.8. The van der Waals surface area contributed by atoms with Crippen molar-refractivity contribution < 1.29 is 41.8 Å². The molecule has 0 saturated heterocycles. The summed E-state index contributed by atoms with van der Waals surface area (Å²) >= 11 is 2.82. The number of ether oxygens (including phenoxy) is 3. The van der Waals surface area contributed by atoms with Gasteiger partial charge in [-0.25, -0.2) is 18.7 Å². The third-order valence-corrected chi connectivity index (χ3v) is 20.7. The molecule has 0 radical (unpaired) electrons. The van der Waals surface area contributed by atoms with E-state index >= 15 is 0 Å². The van der Waals surface area contributed by atoms with Crippen molar-refractivity contribution in [3.05, 3.63) is 0 Å². The fraction of sp³-hybridized carbons (Fsp3) is 0.960. The summed E-state index contributed by atoms with van der Waals surface area (Å²) in [6, 6.07) is 2.04. The number of quaternary nitrogens is 2. The van der Waals surface area contributed by atoms with Crippen LogP contribution in [0.25, 0.3) is 0 Å². The molecular weight excluding hydrogens is 923 g/mol. The van der Waals surface area contributed by atoms with Crippen LogP contribution in [0.2, 0.25) is 0 Å². The van der Waals surface area contributed by atoms with Gasteiger partial charge in [0, 0.05) is 66.4 Å². The molecule has 0 aromatic carbocycles. The van der Waals surface area contributed by atoms with Crippen LogP contribution in [0.4, 0.5) is 0 Å². The largest absolute Gasteiger partial charge is 0.355 e. The van der Waals surface area contributed by atoms with Gasteiger partial charge in [0.05, 0.1) is 52.5 Å². The quantitative estimate of drug-likeness (QED) is 0.0252. The van der Waals surface area contributed by atoms with Gasteiger partial charge in [0.25, 0.3) is 0 Å². The van der Waals surface area contributed by atoms with Crippen molar-refractivity contribution in [1.82, 2.24) is 18.7 Å². The van der Waals surface area contributed by atoms with E-state index in [2.05, 4.69) is 157 Å². The predicted octanol–water partition coefficient (Wildman–Crippen LogP) is 11.7. The first-order valence-electron chi connectivity index (χ1n) is 26.3. The zero-order chi connectivity index (χ0) is 51.5. The molecule has 13 nitrogen and oxygen atoms in total.